The van der Waals surface area contributed by atoms with Gasteiger partial charge in [0.2, 0.25) is 5.95 Å². The number of imide groups is 1. The molecule has 1 atom stereocenters. The standard InChI is InChI=1S/C22H26FN3O6/c1-11-15-12-8-9-24-18(23)16(12)19(28)26(20(29)31-22(5,6)7)13(17(15)32-25-11)10-14(27)30-21(2,3)4/h8-9,13H,10H2,1-7H3/t13-/m0/s1. The summed E-state index contributed by atoms with van der Waals surface area (Å²) >= 11 is 0. The molecule has 0 saturated heterocycles. The molecule has 1 aliphatic rings. The van der Waals surface area contributed by atoms with Crippen molar-refractivity contribution in [2.24, 2.45) is 0 Å². The van der Waals surface area contributed by atoms with E-state index in [0.29, 0.717) is 16.2 Å². The zero-order valence-corrected chi connectivity index (χ0v) is 19.1. The molecule has 1 aliphatic heterocycles. The van der Waals surface area contributed by atoms with Crippen LogP contribution in [0.4, 0.5) is 9.18 Å². The number of nitrogens with zero attached hydrogens (tertiary/aromatic N) is 3. The summed E-state index contributed by atoms with van der Waals surface area (Å²) in [5.74, 6) is -2.70. The van der Waals surface area contributed by atoms with Gasteiger partial charge in [-0.25, -0.2) is 14.7 Å². The minimum Gasteiger partial charge on any atom is -0.460 e. The number of carbonyl (C=O) groups is 3. The van der Waals surface area contributed by atoms with E-state index >= 15 is 0 Å². The van der Waals surface area contributed by atoms with Crippen LogP contribution in [-0.4, -0.2) is 44.2 Å². The monoisotopic (exact) mass is 447 g/mol. The molecule has 9 nitrogen and oxygen atoms in total. The molecule has 0 radical (unpaired) electrons. The largest absolute Gasteiger partial charge is 0.460 e. The van der Waals surface area contributed by atoms with Crippen molar-refractivity contribution in [3.05, 3.63) is 35.2 Å². The van der Waals surface area contributed by atoms with Crippen molar-refractivity contribution in [3.8, 4) is 11.1 Å². The van der Waals surface area contributed by atoms with Crippen molar-refractivity contribution >= 4 is 18.0 Å². The number of amides is 2. The summed E-state index contributed by atoms with van der Waals surface area (Å²) in [6.45, 7) is 11.5. The molecular weight excluding hydrogens is 421 g/mol. The smallest absolute Gasteiger partial charge is 0.418 e. The first-order chi connectivity index (χ1) is 14.7. The number of hydrogen-bond acceptors (Lipinski definition) is 8. The normalized spacial score (nSPS) is 16.2. The molecule has 0 unspecified atom stereocenters. The van der Waals surface area contributed by atoms with E-state index in [2.05, 4.69) is 10.1 Å². The van der Waals surface area contributed by atoms with Crippen LogP contribution in [0.2, 0.25) is 0 Å². The van der Waals surface area contributed by atoms with Crippen LogP contribution in [0.15, 0.2) is 16.8 Å². The van der Waals surface area contributed by atoms with Gasteiger partial charge in [-0.15, -0.1) is 0 Å². The van der Waals surface area contributed by atoms with Crippen molar-refractivity contribution in [1.29, 1.82) is 0 Å². The van der Waals surface area contributed by atoms with E-state index in [1.165, 1.54) is 12.3 Å². The molecule has 0 N–H and O–H groups in total. The van der Waals surface area contributed by atoms with Crippen molar-refractivity contribution in [2.45, 2.75) is 72.1 Å². The molecule has 0 aromatic carbocycles. The fraction of sp³-hybridized carbons (Fsp3) is 0.500. The zero-order valence-electron chi connectivity index (χ0n) is 19.1. The van der Waals surface area contributed by atoms with Crippen molar-refractivity contribution in [3.63, 3.8) is 0 Å². The second-order valence-corrected chi connectivity index (χ2v) is 9.49. The van der Waals surface area contributed by atoms with Gasteiger partial charge in [0.15, 0.2) is 5.76 Å². The molecule has 0 fully saturated rings. The van der Waals surface area contributed by atoms with E-state index in [-0.39, 0.29) is 11.3 Å². The highest BCUT2D eigenvalue weighted by Crippen LogP contribution is 2.42. The number of aryl methyl sites for hydroxylation is 1. The van der Waals surface area contributed by atoms with Crippen LogP contribution in [0, 0.1) is 12.9 Å². The highest BCUT2D eigenvalue weighted by Gasteiger charge is 2.45. The molecule has 2 aromatic rings. The first kappa shape index (κ1) is 23.4. The second-order valence-electron chi connectivity index (χ2n) is 9.49. The van der Waals surface area contributed by atoms with Gasteiger partial charge in [-0.1, -0.05) is 5.16 Å². The van der Waals surface area contributed by atoms with E-state index in [4.69, 9.17) is 14.0 Å². The minimum absolute atomic E-state index is 0.0527. The summed E-state index contributed by atoms with van der Waals surface area (Å²) in [7, 11) is 0. The van der Waals surface area contributed by atoms with E-state index in [9.17, 15) is 18.8 Å². The number of aromatic nitrogens is 2. The molecule has 172 valence electrons. The topological polar surface area (TPSA) is 112 Å². The maximum absolute atomic E-state index is 14.8. The summed E-state index contributed by atoms with van der Waals surface area (Å²) in [5.41, 5.74) is -1.36. The van der Waals surface area contributed by atoms with Crippen LogP contribution in [0.1, 0.15) is 75.8 Å². The van der Waals surface area contributed by atoms with Gasteiger partial charge in [0.1, 0.15) is 22.8 Å². The second kappa shape index (κ2) is 7.99. The number of halogens is 1. The summed E-state index contributed by atoms with van der Waals surface area (Å²) in [6.07, 6.45) is -0.302. The first-order valence-electron chi connectivity index (χ1n) is 10.1. The summed E-state index contributed by atoms with van der Waals surface area (Å²) in [6, 6.07) is 0.165. The molecule has 2 aromatic heterocycles. The average Bonchev–Trinajstić information content (AvgIpc) is 2.94. The predicted molar refractivity (Wildman–Crippen MR) is 110 cm³/mol. The van der Waals surface area contributed by atoms with E-state index < -0.39 is 53.1 Å². The van der Waals surface area contributed by atoms with Gasteiger partial charge < -0.3 is 14.0 Å². The summed E-state index contributed by atoms with van der Waals surface area (Å²) in [4.78, 5) is 43.5. The zero-order chi connectivity index (χ0) is 24.0. The maximum atomic E-state index is 14.8. The molecule has 0 saturated carbocycles. The highest BCUT2D eigenvalue weighted by atomic mass is 19.1. The number of carbonyl (C=O) groups excluding carboxylic acids is 3. The number of hydrogen-bond donors (Lipinski definition) is 0. The van der Waals surface area contributed by atoms with Gasteiger partial charge in [0, 0.05) is 11.8 Å². The molecule has 32 heavy (non-hydrogen) atoms. The number of ether oxygens (including phenoxy) is 2. The third kappa shape index (κ3) is 4.63. The van der Waals surface area contributed by atoms with Gasteiger partial charge >= 0.3 is 12.1 Å². The first-order valence-corrected chi connectivity index (χ1v) is 10.1. The van der Waals surface area contributed by atoms with Crippen LogP contribution in [0.3, 0.4) is 0 Å². The molecular formula is C22H26FN3O6. The number of pyridine rings is 1. The Balaban J connectivity index is 2.21. The number of rotatable bonds is 2. The number of esters is 1. The van der Waals surface area contributed by atoms with E-state index in [1.807, 2.05) is 0 Å². The number of fused-ring (bicyclic) bond motifs is 3. The third-order valence-electron chi connectivity index (χ3n) is 4.48. The lowest BCUT2D eigenvalue weighted by Gasteiger charge is -2.30. The molecule has 0 bridgehead atoms. The van der Waals surface area contributed by atoms with Crippen LogP contribution >= 0.6 is 0 Å². The average molecular weight is 447 g/mol. The van der Waals surface area contributed by atoms with E-state index in [1.54, 1.807) is 48.5 Å². The molecule has 3 rings (SSSR count). The Kier molecular flexibility index (Phi) is 5.84. The molecule has 0 spiro atoms. The Morgan fingerprint density at radius 2 is 1.75 bits per heavy atom. The quantitative estimate of drug-likeness (QED) is 0.493. The molecule has 2 amide bonds. The van der Waals surface area contributed by atoms with E-state index in [0.717, 1.165) is 0 Å². The fourth-order valence-electron chi connectivity index (χ4n) is 3.42. The Morgan fingerprint density at radius 3 is 2.34 bits per heavy atom. The third-order valence-corrected chi connectivity index (χ3v) is 4.48. The van der Waals surface area contributed by atoms with Crippen LogP contribution in [0.25, 0.3) is 11.1 Å². The van der Waals surface area contributed by atoms with Crippen molar-refractivity contribution < 1.29 is 32.8 Å². The van der Waals surface area contributed by atoms with Gasteiger partial charge in [-0.05, 0) is 54.5 Å². The maximum Gasteiger partial charge on any atom is 0.418 e. The summed E-state index contributed by atoms with van der Waals surface area (Å²) < 4.78 is 31.0. The Hall–Kier alpha value is -3.30. The Bertz CT molecular complexity index is 1080. The lowest BCUT2D eigenvalue weighted by Crippen LogP contribution is -2.44. The van der Waals surface area contributed by atoms with Crippen LogP contribution in [0.5, 0.6) is 0 Å². The SMILES string of the molecule is Cc1noc2c1-c1ccnc(F)c1C(=O)N(C(=O)OC(C)(C)C)[C@H]2CC(=O)OC(C)(C)C. The Morgan fingerprint density at radius 1 is 1.12 bits per heavy atom. The van der Waals surface area contributed by atoms with Crippen LogP contribution < -0.4 is 0 Å². The lowest BCUT2D eigenvalue weighted by atomic mass is 9.98. The highest BCUT2D eigenvalue weighted by molar-refractivity contribution is 6.09. The fourth-order valence-corrected chi connectivity index (χ4v) is 3.42. The lowest BCUT2D eigenvalue weighted by molar-refractivity contribution is -0.156. The van der Waals surface area contributed by atoms with Gasteiger partial charge in [0.05, 0.1) is 17.7 Å². The molecule has 10 heteroatoms. The molecule has 3 heterocycles. The summed E-state index contributed by atoms with van der Waals surface area (Å²) in [5, 5.41) is 3.93. The van der Waals surface area contributed by atoms with Gasteiger partial charge in [-0.2, -0.15) is 4.39 Å². The van der Waals surface area contributed by atoms with Crippen molar-refractivity contribution in [1.82, 2.24) is 15.0 Å². The van der Waals surface area contributed by atoms with Crippen molar-refractivity contribution in [2.75, 3.05) is 0 Å². The van der Waals surface area contributed by atoms with Gasteiger partial charge in [-0.3, -0.25) is 9.59 Å². The Labute approximate surface area is 184 Å². The molecule has 0 aliphatic carbocycles. The van der Waals surface area contributed by atoms with Gasteiger partial charge in [0.25, 0.3) is 5.91 Å². The predicted octanol–water partition coefficient (Wildman–Crippen LogP) is 4.35. The van der Waals surface area contributed by atoms with Crippen LogP contribution in [-0.2, 0) is 14.3 Å². The minimum atomic E-state index is -1.27.